The molecule has 1 aliphatic heterocycles. The Labute approximate surface area is 228 Å². The number of carbonyl (C=O) groups is 2. The molecule has 5 aromatic rings. The molecule has 0 radical (unpaired) electrons. The minimum atomic E-state index is -0.751. The van der Waals surface area contributed by atoms with Crippen LogP contribution in [0.15, 0.2) is 78.6 Å². The number of aryl methyl sites for hydroxylation is 2. The van der Waals surface area contributed by atoms with Crippen LogP contribution in [-0.2, 0) is 11.3 Å². The number of fused-ring (bicyclic) bond motifs is 3. The number of rotatable bonds is 9. The van der Waals surface area contributed by atoms with Gasteiger partial charge in [-0.1, -0.05) is 35.6 Å². The molecule has 0 bridgehead atoms. The van der Waals surface area contributed by atoms with Crippen LogP contribution in [0.25, 0.3) is 16.0 Å². The number of amides is 1. The summed E-state index contributed by atoms with van der Waals surface area (Å²) in [6, 6.07) is 14.4. The van der Waals surface area contributed by atoms with Gasteiger partial charge in [-0.05, 0) is 50.1 Å². The Kier molecular flexibility index (Phi) is 6.40. The number of imidazole rings is 2. The van der Waals surface area contributed by atoms with Crippen molar-refractivity contribution in [2.75, 3.05) is 13.2 Å². The number of para-hydroxylation sites is 2. The summed E-state index contributed by atoms with van der Waals surface area (Å²) in [7, 11) is 0. The monoisotopic (exact) mass is 541 g/mol. The lowest BCUT2D eigenvalue weighted by atomic mass is 9.94. The Bertz CT molecular complexity index is 1730. The molecular weight excluding hydrogens is 514 g/mol. The number of carbonyl (C=O) groups excluding carboxylic acids is 2. The molecule has 6 rings (SSSR count). The molecule has 1 atom stereocenters. The van der Waals surface area contributed by atoms with E-state index in [1.165, 1.54) is 11.3 Å². The predicted octanol–water partition coefficient (Wildman–Crippen LogP) is 5.12. The van der Waals surface area contributed by atoms with Crippen LogP contribution in [0.5, 0.6) is 5.75 Å². The zero-order valence-electron chi connectivity index (χ0n) is 21.6. The van der Waals surface area contributed by atoms with Crippen LogP contribution in [0.1, 0.15) is 40.3 Å². The van der Waals surface area contributed by atoms with Gasteiger partial charge in [-0.15, -0.1) is 0 Å². The number of ether oxygens (including phenoxy) is 1. The zero-order chi connectivity index (χ0) is 27.1. The topological polar surface area (TPSA) is 102 Å². The lowest BCUT2D eigenvalue weighted by Gasteiger charge is -2.27. The summed E-state index contributed by atoms with van der Waals surface area (Å²) in [5.74, 6) is -0.803. The van der Waals surface area contributed by atoms with E-state index >= 15 is 0 Å². The van der Waals surface area contributed by atoms with Crippen LogP contribution in [0.2, 0.25) is 0 Å². The van der Waals surface area contributed by atoms with E-state index in [2.05, 4.69) is 9.97 Å². The van der Waals surface area contributed by atoms with Gasteiger partial charge in [0.1, 0.15) is 5.75 Å². The number of nitrogens with zero attached hydrogens (tertiary/aromatic N) is 5. The van der Waals surface area contributed by atoms with Crippen LogP contribution in [0.4, 0.5) is 0 Å². The number of aliphatic hydroxyl groups excluding tert-OH is 1. The summed E-state index contributed by atoms with van der Waals surface area (Å²) in [4.78, 5) is 39.0. The average Bonchev–Trinajstić information content (AvgIpc) is 3.70. The van der Waals surface area contributed by atoms with Gasteiger partial charge < -0.3 is 19.3 Å². The van der Waals surface area contributed by atoms with Crippen LogP contribution in [0, 0.1) is 6.92 Å². The molecule has 1 aliphatic rings. The number of aromatic nitrogens is 4. The maximum Gasteiger partial charge on any atom is 0.290 e. The summed E-state index contributed by atoms with van der Waals surface area (Å²) in [6.07, 6.45) is 5.91. The van der Waals surface area contributed by atoms with Gasteiger partial charge in [-0.2, -0.15) is 0 Å². The summed E-state index contributed by atoms with van der Waals surface area (Å²) in [6.45, 7) is 5.24. The van der Waals surface area contributed by atoms with Crippen molar-refractivity contribution in [2.45, 2.75) is 32.9 Å². The van der Waals surface area contributed by atoms with Crippen LogP contribution in [0.3, 0.4) is 0 Å². The minimum Gasteiger partial charge on any atom is -0.503 e. The maximum absolute atomic E-state index is 14.2. The van der Waals surface area contributed by atoms with Crippen molar-refractivity contribution >= 4 is 39.0 Å². The summed E-state index contributed by atoms with van der Waals surface area (Å²) in [5, 5.41) is 11.1. The Balaban J connectivity index is 1.40. The first-order chi connectivity index (χ1) is 19.0. The first kappa shape index (κ1) is 24.9. The zero-order valence-corrected chi connectivity index (χ0v) is 22.4. The molecule has 1 amide bonds. The van der Waals surface area contributed by atoms with Crippen molar-refractivity contribution in [1.29, 1.82) is 0 Å². The quantitative estimate of drug-likeness (QED) is 0.260. The molecule has 2 aromatic carbocycles. The van der Waals surface area contributed by atoms with Gasteiger partial charge in [0.25, 0.3) is 5.91 Å². The SMILES string of the molecule is CCOc1cccc(C2C(C(=O)c3sc4nc5ccccc5n4c3C)=C(O)C(=O)N2CCCn2ccnc2)c1. The second kappa shape index (κ2) is 10.0. The van der Waals surface area contributed by atoms with Crippen molar-refractivity contribution in [3.05, 3.63) is 94.7 Å². The van der Waals surface area contributed by atoms with E-state index in [0.717, 1.165) is 16.7 Å². The smallest absolute Gasteiger partial charge is 0.290 e. The fraction of sp³-hybridized carbons (Fsp3) is 0.241. The van der Waals surface area contributed by atoms with Crippen molar-refractivity contribution < 1.29 is 19.4 Å². The molecule has 0 saturated heterocycles. The van der Waals surface area contributed by atoms with Crippen molar-refractivity contribution in [3.8, 4) is 5.75 Å². The molecule has 1 N–H and O–H groups in total. The molecule has 0 spiro atoms. The Morgan fingerprint density at radius 2 is 2.00 bits per heavy atom. The fourth-order valence-electron chi connectivity index (χ4n) is 5.24. The summed E-state index contributed by atoms with van der Waals surface area (Å²) in [5.41, 5.74) is 3.26. The third-order valence-corrected chi connectivity index (χ3v) is 8.14. The molecule has 10 heteroatoms. The third-order valence-electron chi connectivity index (χ3n) is 7.00. The second-order valence-corrected chi connectivity index (χ2v) is 10.4. The van der Waals surface area contributed by atoms with Gasteiger partial charge in [0.2, 0.25) is 5.78 Å². The Morgan fingerprint density at radius 3 is 2.79 bits per heavy atom. The van der Waals surface area contributed by atoms with Crippen molar-refractivity contribution in [2.24, 2.45) is 0 Å². The minimum absolute atomic E-state index is 0.0770. The van der Waals surface area contributed by atoms with Crippen LogP contribution >= 0.6 is 11.3 Å². The molecule has 0 saturated carbocycles. The average molecular weight is 542 g/mol. The largest absolute Gasteiger partial charge is 0.503 e. The van der Waals surface area contributed by atoms with E-state index < -0.39 is 17.7 Å². The highest BCUT2D eigenvalue weighted by molar-refractivity contribution is 7.19. The first-order valence-electron chi connectivity index (χ1n) is 12.8. The molecule has 39 heavy (non-hydrogen) atoms. The van der Waals surface area contributed by atoms with E-state index in [1.54, 1.807) is 17.4 Å². The third kappa shape index (κ3) is 4.26. The molecule has 9 nitrogen and oxygen atoms in total. The summed E-state index contributed by atoms with van der Waals surface area (Å²) < 4.78 is 9.59. The molecule has 4 heterocycles. The molecular formula is C29H27N5O4S. The maximum atomic E-state index is 14.2. The molecule has 1 unspecified atom stereocenters. The van der Waals surface area contributed by atoms with E-state index in [0.29, 0.717) is 47.3 Å². The fourth-order valence-corrected chi connectivity index (χ4v) is 6.34. The normalized spacial score (nSPS) is 15.7. The highest BCUT2D eigenvalue weighted by atomic mass is 32.1. The lowest BCUT2D eigenvalue weighted by Crippen LogP contribution is -2.32. The molecule has 198 valence electrons. The van der Waals surface area contributed by atoms with Gasteiger partial charge in [0.05, 0.1) is 40.5 Å². The molecule has 3 aromatic heterocycles. The lowest BCUT2D eigenvalue weighted by molar-refractivity contribution is -0.129. The Hall–Kier alpha value is -4.44. The number of benzene rings is 2. The first-order valence-corrected chi connectivity index (χ1v) is 13.6. The van der Waals surface area contributed by atoms with E-state index in [4.69, 9.17) is 4.74 Å². The van der Waals surface area contributed by atoms with Gasteiger partial charge in [-0.3, -0.25) is 14.0 Å². The number of aliphatic hydroxyl groups is 1. The van der Waals surface area contributed by atoms with Crippen LogP contribution < -0.4 is 4.74 Å². The van der Waals surface area contributed by atoms with E-state index in [1.807, 2.05) is 77.5 Å². The summed E-state index contributed by atoms with van der Waals surface area (Å²) >= 11 is 1.27. The highest BCUT2D eigenvalue weighted by Crippen LogP contribution is 2.41. The van der Waals surface area contributed by atoms with Crippen molar-refractivity contribution in [3.63, 3.8) is 0 Å². The number of hydrogen-bond acceptors (Lipinski definition) is 7. The number of thiazole rings is 1. The van der Waals surface area contributed by atoms with Crippen LogP contribution in [-0.4, -0.2) is 53.8 Å². The van der Waals surface area contributed by atoms with Crippen molar-refractivity contribution in [1.82, 2.24) is 23.8 Å². The highest BCUT2D eigenvalue weighted by Gasteiger charge is 2.44. The predicted molar refractivity (Wildman–Crippen MR) is 148 cm³/mol. The molecule has 0 fully saturated rings. The van der Waals surface area contributed by atoms with E-state index in [-0.39, 0.29) is 11.4 Å². The Morgan fingerprint density at radius 1 is 1.15 bits per heavy atom. The van der Waals surface area contributed by atoms with Gasteiger partial charge in [0, 0.05) is 31.2 Å². The van der Waals surface area contributed by atoms with Gasteiger partial charge in [-0.25, -0.2) is 9.97 Å². The second-order valence-electron chi connectivity index (χ2n) is 9.39. The number of hydrogen-bond donors (Lipinski definition) is 1. The van der Waals surface area contributed by atoms with Gasteiger partial charge in [0.15, 0.2) is 10.7 Å². The number of Topliss-reactive ketones (excluding diaryl/α,β-unsaturated/α-hetero) is 1. The standard InChI is InChI=1S/C29H27N5O4S/c1-3-38-20-9-6-8-19(16-20)24-23(26(36)28(37)33(24)14-7-13-32-15-12-30-17-32)25(35)27-18(2)34-22-11-5-4-10-21(22)31-29(34)39-27/h4-6,8-12,15-17,24,36H,3,7,13-14H2,1-2H3. The number of ketones is 1. The molecule has 0 aliphatic carbocycles. The van der Waals surface area contributed by atoms with E-state index in [9.17, 15) is 14.7 Å². The van der Waals surface area contributed by atoms with Gasteiger partial charge >= 0.3 is 0 Å².